The molecular formula is C41H50N8O5. The van der Waals surface area contributed by atoms with E-state index in [1.807, 2.05) is 78.9 Å². The zero-order valence-corrected chi connectivity index (χ0v) is 30.7. The molecule has 5 atom stereocenters. The number of hydrogen-bond acceptors (Lipinski definition) is 7. The maximum Gasteiger partial charge on any atom is 0.243 e. The Morgan fingerprint density at radius 2 is 1.04 bits per heavy atom. The van der Waals surface area contributed by atoms with Crippen molar-refractivity contribution in [1.82, 2.24) is 31.2 Å². The van der Waals surface area contributed by atoms with Crippen molar-refractivity contribution in [3.05, 3.63) is 108 Å². The maximum absolute atomic E-state index is 14.4. The first kappa shape index (κ1) is 39.4. The highest BCUT2D eigenvalue weighted by molar-refractivity contribution is 5.97. The van der Waals surface area contributed by atoms with Crippen molar-refractivity contribution < 1.29 is 24.0 Å². The predicted octanol–water partition coefficient (Wildman–Crippen LogP) is 2.68. The Hall–Kier alpha value is -5.79. The van der Waals surface area contributed by atoms with Gasteiger partial charge in [-0.1, -0.05) is 66.7 Å². The number of fused-ring (bicyclic) bond motifs is 2. The van der Waals surface area contributed by atoms with Gasteiger partial charge in [0.15, 0.2) is 5.78 Å². The number of rotatable bonds is 19. The quantitative estimate of drug-likeness (QED) is 0.0593. The summed E-state index contributed by atoms with van der Waals surface area (Å²) in [7, 11) is 0. The van der Waals surface area contributed by atoms with Gasteiger partial charge in [-0.25, -0.2) is 0 Å². The molecule has 0 aliphatic rings. The van der Waals surface area contributed by atoms with E-state index >= 15 is 0 Å². The van der Waals surface area contributed by atoms with Crippen LogP contribution >= 0.6 is 0 Å². The van der Waals surface area contributed by atoms with E-state index in [0.717, 1.165) is 38.5 Å². The summed E-state index contributed by atoms with van der Waals surface area (Å²) in [5, 5.41) is 13.2. The average Bonchev–Trinajstić information content (AvgIpc) is 3.77. The van der Waals surface area contributed by atoms with Crippen LogP contribution in [0, 0.1) is 0 Å². The first-order chi connectivity index (χ1) is 26.0. The Labute approximate surface area is 314 Å². The molecule has 13 heteroatoms. The number of aromatic amines is 2. The second-order valence-corrected chi connectivity index (χ2v) is 13.7. The fraction of sp³-hybridized carbons (Fsp3) is 0.341. The second kappa shape index (κ2) is 18.8. The van der Waals surface area contributed by atoms with Crippen molar-refractivity contribution >= 4 is 51.2 Å². The summed E-state index contributed by atoms with van der Waals surface area (Å²) >= 11 is 0. The number of benzene rings is 3. The molecule has 2 heterocycles. The second-order valence-electron chi connectivity index (χ2n) is 13.7. The van der Waals surface area contributed by atoms with Gasteiger partial charge in [0.1, 0.15) is 18.1 Å². The summed E-state index contributed by atoms with van der Waals surface area (Å²) in [6.45, 7) is 3.41. The lowest BCUT2D eigenvalue weighted by molar-refractivity contribution is -0.134. The molecule has 5 rings (SSSR count). The van der Waals surface area contributed by atoms with E-state index in [2.05, 4.69) is 31.2 Å². The number of amides is 4. The van der Waals surface area contributed by atoms with Gasteiger partial charge in [0.2, 0.25) is 23.6 Å². The molecule has 3 aromatic carbocycles. The normalized spacial score (nSPS) is 14.1. The SMILES string of the molecule is CC(=O)C(CCCCN)NC(=O)C(Cc1ccccc1)NC(=O)C(Cc1c[nH]c2ccccc12)NC(=O)C(Cc1c[nH]c2ccccc12)NC(=O)C(C)N. The molecule has 0 radical (unpaired) electrons. The lowest BCUT2D eigenvalue weighted by Crippen LogP contribution is -2.59. The summed E-state index contributed by atoms with van der Waals surface area (Å²) in [6.07, 6.45) is 5.64. The van der Waals surface area contributed by atoms with E-state index < -0.39 is 53.8 Å². The number of ketones is 1. The average molecular weight is 735 g/mol. The lowest BCUT2D eigenvalue weighted by Gasteiger charge is -2.27. The Bertz CT molecular complexity index is 2060. The first-order valence-electron chi connectivity index (χ1n) is 18.4. The Kier molecular flexibility index (Phi) is 13.7. The Morgan fingerprint density at radius 1 is 0.593 bits per heavy atom. The lowest BCUT2D eigenvalue weighted by atomic mass is 10.00. The standard InChI is InChI=1S/C41H50N8O5/c1-25(43)38(51)47-36(21-28-23-44-33-17-8-6-14-30(28)33)40(53)49-37(22-29-24-45-34-18-9-7-15-31(29)34)41(54)48-35(20-27-12-4-3-5-13-27)39(52)46-32(26(2)50)16-10-11-19-42/h3-9,12-15,17-18,23-25,32,35-37,44-45H,10-11,16,19-22,42-43H2,1-2H3,(H,46,52)(H,47,51)(H,48,54)(H,49,53). The zero-order chi connectivity index (χ0) is 38.6. The number of para-hydroxylation sites is 2. The number of Topliss-reactive ketones (excluding diaryl/α,β-unsaturated/α-hetero) is 1. The minimum absolute atomic E-state index is 0.0669. The molecule has 0 spiro atoms. The molecule has 4 amide bonds. The molecule has 13 nitrogen and oxygen atoms in total. The van der Waals surface area contributed by atoms with Crippen molar-refractivity contribution in [3.8, 4) is 0 Å². The van der Waals surface area contributed by atoms with E-state index in [-0.39, 0.29) is 25.0 Å². The number of H-pyrrole nitrogens is 2. The van der Waals surface area contributed by atoms with Crippen LogP contribution in [-0.4, -0.2) is 76.1 Å². The summed E-state index contributed by atoms with van der Waals surface area (Å²) in [4.78, 5) is 74.4. The van der Waals surface area contributed by atoms with Gasteiger partial charge in [-0.05, 0) is 68.5 Å². The number of unbranched alkanes of at least 4 members (excludes halogenated alkanes) is 1. The molecule has 10 N–H and O–H groups in total. The van der Waals surface area contributed by atoms with Crippen molar-refractivity contribution in [2.75, 3.05) is 6.54 Å². The van der Waals surface area contributed by atoms with Crippen LogP contribution in [-0.2, 0) is 43.2 Å². The van der Waals surface area contributed by atoms with Crippen LogP contribution < -0.4 is 32.7 Å². The Morgan fingerprint density at radius 3 is 1.52 bits per heavy atom. The fourth-order valence-electron chi connectivity index (χ4n) is 6.51. The third kappa shape index (κ3) is 10.4. The monoisotopic (exact) mass is 734 g/mol. The van der Waals surface area contributed by atoms with Crippen LogP contribution in [0.4, 0.5) is 0 Å². The summed E-state index contributed by atoms with van der Waals surface area (Å²) in [6, 6.07) is 19.4. The molecule has 5 unspecified atom stereocenters. The van der Waals surface area contributed by atoms with Gasteiger partial charge in [-0.3, -0.25) is 24.0 Å². The predicted molar refractivity (Wildman–Crippen MR) is 209 cm³/mol. The summed E-state index contributed by atoms with van der Waals surface area (Å²) < 4.78 is 0. The van der Waals surface area contributed by atoms with Gasteiger partial charge in [0.05, 0.1) is 12.1 Å². The Balaban J connectivity index is 1.45. The molecule has 0 fully saturated rings. The molecule has 0 saturated heterocycles. The minimum atomic E-state index is -1.17. The van der Waals surface area contributed by atoms with Crippen molar-refractivity contribution in [1.29, 1.82) is 0 Å². The van der Waals surface area contributed by atoms with Crippen LogP contribution in [0.5, 0.6) is 0 Å². The number of nitrogens with one attached hydrogen (secondary N) is 6. The van der Waals surface area contributed by atoms with Crippen LogP contribution in [0.1, 0.15) is 49.8 Å². The largest absolute Gasteiger partial charge is 0.361 e. The number of nitrogens with two attached hydrogens (primary N) is 2. The van der Waals surface area contributed by atoms with Gasteiger partial charge >= 0.3 is 0 Å². The highest BCUT2D eigenvalue weighted by Gasteiger charge is 2.32. The van der Waals surface area contributed by atoms with Crippen molar-refractivity contribution in [2.24, 2.45) is 11.5 Å². The number of aromatic nitrogens is 2. The van der Waals surface area contributed by atoms with Crippen molar-refractivity contribution in [3.63, 3.8) is 0 Å². The molecule has 0 aliphatic heterocycles. The molecule has 284 valence electrons. The van der Waals surface area contributed by atoms with E-state index in [4.69, 9.17) is 11.5 Å². The number of hydrogen-bond donors (Lipinski definition) is 8. The van der Waals surface area contributed by atoms with Crippen LogP contribution in [0.2, 0.25) is 0 Å². The highest BCUT2D eigenvalue weighted by Crippen LogP contribution is 2.21. The molecule has 0 aliphatic carbocycles. The smallest absolute Gasteiger partial charge is 0.243 e. The van der Waals surface area contributed by atoms with Crippen LogP contribution in [0.15, 0.2) is 91.3 Å². The van der Waals surface area contributed by atoms with Crippen LogP contribution in [0.3, 0.4) is 0 Å². The minimum Gasteiger partial charge on any atom is -0.361 e. The van der Waals surface area contributed by atoms with E-state index in [0.29, 0.717) is 25.8 Å². The molecule has 0 bridgehead atoms. The van der Waals surface area contributed by atoms with Gasteiger partial charge in [0, 0.05) is 53.5 Å². The van der Waals surface area contributed by atoms with E-state index in [9.17, 15) is 24.0 Å². The van der Waals surface area contributed by atoms with E-state index in [1.54, 1.807) is 12.4 Å². The van der Waals surface area contributed by atoms with E-state index in [1.165, 1.54) is 13.8 Å². The van der Waals surface area contributed by atoms with Gasteiger partial charge in [-0.2, -0.15) is 0 Å². The van der Waals surface area contributed by atoms with Crippen molar-refractivity contribution in [2.45, 2.75) is 82.6 Å². The number of carbonyl (C=O) groups excluding carboxylic acids is 5. The molecular weight excluding hydrogens is 685 g/mol. The van der Waals surface area contributed by atoms with Gasteiger partial charge < -0.3 is 42.7 Å². The highest BCUT2D eigenvalue weighted by atomic mass is 16.2. The molecule has 0 saturated carbocycles. The van der Waals surface area contributed by atoms with Crippen LogP contribution in [0.25, 0.3) is 21.8 Å². The third-order valence-corrected chi connectivity index (χ3v) is 9.55. The third-order valence-electron chi connectivity index (χ3n) is 9.55. The summed E-state index contributed by atoms with van der Waals surface area (Å²) in [5.74, 6) is -2.48. The van der Waals surface area contributed by atoms with Gasteiger partial charge in [0.25, 0.3) is 0 Å². The molecule has 54 heavy (non-hydrogen) atoms. The summed E-state index contributed by atoms with van der Waals surface area (Å²) in [5.41, 5.74) is 15.6. The topological polar surface area (TPSA) is 217 Å². The molecule has 2 aromatic heterocycles. The first-order valence-corrected chi connectivity index (χ1v) is 18.4. The zero-order valence-electron chi connectivity index (χ0n) is 30.7. The fourth-order valence-corrected chi connectivity index (χ4v) is 6.51. The molecule has 5 aromatic rings. The number of carbonyl (C=O) groups is 5. The maximum atomic E-state index is 14.4. The van der Waals surface area contributed by atoms with Gasteiger partial charge in [-0.15, -0.1) is 0 Å².